The van der Waals surface area contributed by atoms with E-state index in [4.69, 9.17) is 0 Å². The largest absolute Gasteiger partial charge is 0.311 e. The van der Waals surface area contributed by atoms with E-state index >= 15 is 0 Å². The minimum Gasteiger partial charge on any atom is -0.311 e. The van der Waals surface area contributed by atoms with Crippen molar-refractivity contribution in [1.82, 2.24) is 20.0 Å². The number of aryl methyl sites for hydroxylation is 1. The van der Waals surface area contributed by atoms with Gasteiger partial charge in [0.25, 0.3) is 0 Å². The molecule has 0 spiro atoms. The zero-order valence-electron chi connectivity index (χ0n) is 13.0. The van der Waals surface area contributed by atoms with Crippen molar-refractivity contribution in [3.05, 3.63) is 18.0 Å². The molecule has 1 unspecified atom stereocenters. The predicted octanol–water partition coefficient (Wildman–Crippen LogP) is 2.11. The van der Waals surface area contributed by atoms with Crippen molar-refractivity contribution in [2.45, 2.75) is 59.3 Å². The Kier molecular flexibility index (Phi) is 4.31. The Bertz CT molecular complexity index is 408. The van der Waals surface area contributed by atoms with Crippen LogP contribution in [-0.4, -0.2) is 39.4 Å². The molecule has 0 bridgehead atoms. The van der Waals surface area contributed by atoms with Crippen LogP contribution in [0.5, 0.6) is 0 Å². The maximum Gasteiger partial charge on any atom is 0.0534 e. The summed E-state index contributed by atoms with van der Waals surface area (Å²) < 4.78 is 2.00. The second-order valence-corrected chi connectivity index (χ2v) is 6.63. The molecule has 0 radical (unpaired) electrons. The number of piperazine rings is 1. The number of nitrogens with one attached hydrogen (secondary N) is 1. The molecular weight excluding hydrogens is 236 g/mol. The minimum atomic E-state index is 0.208. The summed E-state index contributed by atoms with van der Waals surface area (Å²) in [6.07, 6.45) is 4.18. The lowest BCUT2D eigenvalue weighted by molar-refractivity contribution is 0.0474. The van der Waals surface area contributed by atoms with Crippen LogP contribution in [0.1, 0.15) is 40.2 Å². The third-order valence-electron chi connectivity index (χ3n) is 4.26. The van der Waals surface area contributed by atoms with E-state index in [9.17, 15) is 0 Å². The van der Waals surface area contributed by atoms with E-state index in [1.807, 2.05) is 10.9 Å². The molecule has 1 aliphatic rings. The molecule has 1 atom stereocenters. The van der Waals surface area contributed by atoms with E-state index < -0.39 is 0 Å². The summed E-state index contributed by atoms with van der Waals surface area (Å²) in [6.45, 7) is 15.5. The summed E-state index contributed by atoms with van der Waals surface area (Å²) in [7, 11) is 0. The molecule has 4 nitrogen and oxygen atoms in total. The smallest absolute Gasteiger partial charge is 0.0534 e. The topological polar surface area (TPSA) is 33.1 Å². The lowest BCUT2D eigenvalue weighted by Gasteiger charge is -2.47. The second kappa shape index (κ2) is 5.63. The number of nitrogens with zero attached hydrogens (tertiary/aromatic N) is 3. The summed E-state index contributed by atoms with van der Waals surface area (Å²) in [5.74, 6) is 0.678. The predicted molar refractivity (Wildman–Crippen MR) is 79.0 cm³/mol. The monoisotopic (exact) mass is 264 g/mol. The van der Waals surface area contributed by atoms with Crippen LogP contribution in [-0.2, 0) is 13.1 Å². The molecule has 2 heterocycles. The fourth-order valence-corrected chi connectivity index (χ4v) is 2.65. The molecule has 0 saturated carbocycles. The van der Waals surface area contributed by atoms with Gasteiger partial charge in [-0.1, -0.05) is 13.8 Å². The van der Waals surface area contributed by atoms with Gasteiger partial charge < -0.3 is 5.32 Å². The quantitative estimate of drug-likeness (QED) is 0.904. The Balaban J connectivity index is 2.06. The van der Waals surface area contributed by atoms with E-state index in [0.29, 0.717) is 12.0 Å². The van der Waals surface area contributed by atoms with E-state index in [2.05, 4.69) is 56.1 Å². The summed E-state index contributed by atoms with van der Waals surface area (Å²) in [6, 6.07) is 0.592. The summed E-state index contributed by atoms with van der Waals surface area (Å²) in [5, 5.41) is 8.05. The van der Waals surface area contributed by atoms with Crippen LogP contribution in [0.2, 0.25) is 0 Å². The molecule has 1 saturated heterocycles. The van der Waals surface area contributed by atoms with Gasteiger partial charge in [0.2, 0.25) is 0 Å². The van der Waals surface area contributed by atoms with Gasteiger partial charge in [-0.3, -0.25) is 9.58 Å². The van der Waals surface area contributed by atoms with Crippen LogP contribution in [0.25, 0.3) is 0 Å². The molecule has 1 fully saturated rings. The molecule has 1 aromatic heterocycles. The molecule has 1 aromatic rings. The number of rotatable bonds is 4. The average Bonchev–Trinajstić information content (AvgIpc) is 2.79. The van der Waals surface area contributed by atoms with Crippen molar-refractivity contribution in [3.8, 4) is 0 Å². The molecule has 4 heteroatoms. The third-order valence-corrected chi connectivity index (χ3v) is 4.26. The Labute approximate surface area is 117 Å². The second-order valence-electron chi connectivity index (χ2n) is 6.63. The Morgan fingerprint density at radius 1 is 1.47 bits per heavy atom. The molecule has 1 N–H and O–H groups in total. The van der Waals surface area contributed by atoms with Crippen LogP contribution in [0, 0.1) is 5.92 Å². The molecule has 0 amide bonds. The molecule has 108 valence electrons. The zero-order chi connectivity index (χ0) is 14.0. The first-order valence-corrected chi connectivity index (χ1v) is 7.42. The Morgan fingerprint density at radius 3 is 2.79 bits per heavy atom. The highest BCUT2D eigenvalue weighted by Crippen LogP contribution is 2.23. The van der Waals surface area contributed by atoms with Crippen LogP contribution >= 0.6 is 0 Å². The average molecular weight is 264 g/mol. The van der Waals surface area contributed by atoms with Gasteiger partial charge in [-0.25, -0.2) is 0 Å². The molecule has 2 rings (SSSR count). The van der Waals surface area contributed by atoms with Crippen molar-refractivity contribution < 1.29 is 0 Å². The fourth-order valence-electron chi connectivity index (χ4n) is 2.65. The van der Waals surface area contributed by atoms with Gasteiger partial charge in [-0.05, 0) is 26.7 Å². The van der Waals surface area contributed by atoms with Gasteiger partial charge in [-0.2, -0.15) is 5.10 Å². The molecule has 1 aliphatic heterocycles. The van der Waals surface area contributed by atoms with Gasteiger partial charge in [0.1, 0.15) is 0 Å². The van der Waals surface area contributed by atoms with Crippen LogP contribution in [0.3, 0.4) is 0 Å². The van der Waals surface area contributed by atoms with E-state index in [0.717, 1.165) is 26.2 Å². The first kappa shape index (κ1) is 14.5. The Morgan fingerprint density at radius 2 is 2.21 bits per heavy atom. The maximum absolute atomic E-state index is 4.38. The highest BCUT2D eigenvalue weighted by molar-refractivity contribution is 5.06. The first-order valence-electron chi connectivity index (χ1n) is 7.42. The Hall–Kier alpha value is -0.870. The zero-order valence-corrected chi connectivity index (χ0v) is 13.0. The van der Waals surface area contributed by atoms with Crippen LogP contribution < -0.4 is 5.32 Å². The molecule has 0 aliphatic carbocycles. The lowest BCUT2D eigenvalue weighted by Crippen LogP contribution is -2.62. The number of aromatic nitrogens is 2. The fraction of sp³-hybridized carbons (Fsp3) is 0.800. The lowest BCUT2D eigenvalue weighted by atomic mass is 9.92. The summed E-state index contributed by atoms with van der Waals surface area (Å²) in [5.41, 5.74) is 1.53. The van der Waals surface area contributed by atoms with Gasteiger partial charge in [0, 0.05) is 49.5 Å². The van der Waals surface area contributed by atoms with Crippen LogP contribution in [0.15, 0.2) is 12.4 Å². The van der Waals surface area contributed by atoms with Crippen molar-refractivity contribution in [3.63, 3.8) is 0 Å². The van der Waals surface area contributed by atoms with E-state index in [1.165, 1.54) is 5.56 Å². The first-order chi connectivity index (χ1) is 8.92. The van der Waals surface area contributed by atoms with Gasteiger partial charge in [-0.15, -0.1) is 0 Å². The van der Waals surface area contributed by atoms with E-state index in [-0.39, 0.29) is 5.54 Å². The molecule has 0 aromatic carbocycles. The molecular formula is C15H28N4. The van der Waals surface area contributed by atoms with Crippen molar-refractivity contribution in [2.24, 2.45) is 5.92 Å². The van der Waals surface area contributed by atoms with E-state index in [1.54, 1.807) is 0 Å². The van der Waals surface area contributed by atoms with Gasteiger partial charge >= 0.3 is 0 Å². The summed E-state index contributed by atoms with van der Waals surface area (Å²) in [4.78, 5) is 2.59. The van der Waals surface area contributed by atoms with Crippen LogP contribution in [0.4, 0.5) is 0 Å². The van der Waals surface area contributed by atoms with Crippen molar-refractivity contribution in [1.29, 1.82) is 0 Å². The standard InChI is InChI=1S/C15H28N4/c1-6-19-9-13(7-17-19)8-18-10-14(12(2)3)16-11-15(18,4)5/h7,9,12,14,16H,6,8,10-11H2,1-5H3. The SMILES string of the molecule is CCn1cc(CN2CC(C(C)C)NCC2(C)C)cn1. The number of hydrogen-bond acceptors (Lipinski definition) is 3. The highest BCUT2D eigenvalue weighted by Gasteiger charge is 2.34. The highest BCUT2D eigenvalue weighted by atomic mass is 15.3. The summed E-state index contributed by atoms with van der Waals surface area (Å²) >= 11 is 0. The third kappa shape index (κ3) is 3.37. The van der Waals surface area contributed by atoms with Crippen molar-refractivity contribution in [2.75, 3.05) is 13.1 Å². The van der Waals surface area contributed by atoms with Gasteiger partial charge in [0.05, 0.1) is 6.20 Å². The maximum atomic E-state index is 4.38. The number of hydrogen-bond donors (Lipinski definition) is 1. The normalized spacial score (nSPS) is 24.0. The van der Waals surface area contributed by atoms with Crippen molar-refractivity contribution >= 4 is 0 Å². The molecule has 19 heavy (non-hydrogen) atoms. The van der Waals surface area contributed by atoms with Gasteiger partial charge in [0.15, 0.2) is 0 Å². The minimum absolute atomic E-state index is 0.208.